The van der Waals surface area contributed by atoms with Crippen molar-refractivity contribution in [3.05, 3.63) is 89.1 Å². The smallest absolute Gasteiger partial charge is 0.409 e. The molecule has 434 valence electrons. The Morgan fingerprint density at radius 2 is 1.67 bits per heavy atom. The lowest BCUT2D eigenvalue weighted by Gasteiger charge is -2.35. The number of terminal acetylenes is 1. The Bertz CT molecular complexity index is 3500. The maximum atomic E-state index is 17.2. The minimum Gasteiger partial charge on any atom is -0.508 e. The van der Waals surface area contributed by atoms with Crippen LogP contribution in [0.25, 0.3) is 32.9 Å². The summed E-state index contributed by atoms with van der Waals surface area (Å²) in [6, 6.07) is 8.91. The number of piperazine rings is 1. The normalized spacial score (nSPS) is 22.1. The summed E-state index contributed by atoms with van der Waals surface area (Å²) >= 11 is 0. The highest BCUT2D eigenvalue weighted by Crippen LogP contribution is 2.45. The van der Waals surface area contributed by atoms with E-state index in [1.54, 1.807) is 7.05 Å². The molecule has 5 aromatic rings. The molecule has 22 nitrogen and oxygen atoms in total. The lowest BCUT2D eigenvalue weighted by molar-refractivity contribution is -0.136. The number of phenolic OH excluding ortho intramolecular Hbond substituents is 1. The van der Waals surface area contributed by atoms with Crippen LogP contribution in [0.15, 0.2) is 60.8 Å². The van der Waals surface area contributed by atoms with Gasteiger partial charge >= 0.3 is 12.1 Å². The zero-order valence-electron chi connectivity index (χ0n) is 45.7. The molecule has 0 radical (unpaired) electrons. The zero-order chi connectivity index (χ0) is 58.1. The predicted molar refractivity (Wildman–Crippen MR) is 296 cm³/mol. The molecule has 3 aromatic carbocycles. The van der Waals surface area contributed by atoms with Crippen molar-refractivity contribution in [3.8, 4) is 35.4 Å². The van der Waals surface area contributed by atoms with Crippen molar-refractivity contribution >= 4 is 68.8 Å². The van der Waals surface area contributed by atoms with Crippen LogP contribution in [-0.4, -0.2) is 186 Å². The molecule has 0 spiro atoms. The maximum Gasteiger partial charge on any atom is 0.409 e. The fourth-order valence-electron chi connectivity index (χ4n) is 12.2. The Balaban J connectivity index is 0.621. The number of ether oxygens (including phenoxy) is 5. The van der Waals surface area contributed by atoms with Gasteiger partial charge in [-0.25, -0.2) is 13.6 Å². The summed E-state index contributed by atoms with van der Waals surface area (Å²) in [5.41, 5.74) is 0.730. The number of fused-ring (bicyclic) bond motifs is 6. The number of nitrogens with one attached hydrogen (secondary N) is 3. The number of imide groups is 2. The molecule has 0 saturated carbocycles. The van der Waals surface area contributed by atoms with Gasteiger partial charge in [0, 0.05) is 80.6 Å². The second-order valence-electron chi connectivity index (χ2n) is 21.8. The number of nitrogens with zero attached hydrogens (tertiary/aromatic N) is 7. The van der Waals surface area contributed by atoms with Gasteiger partial charge in [-0.3, -0.25) is 44.1 Å². The summed E-state index contributed by atoms with van der Waals surface area (Å²) in [4.78, 5) is 96.6. The third-order valence-corrected chi connectivity index (χ3v) is 16.3. The molecule has 8 heterocycles. The number of pyridine rings is 1. The first-order chi connectivity index (χ1) is 40.1. The minimum atomic E-state index is -1.09. The minimum absolute atomic E-state index is 0.00692. The number of hydrogen-bond acceptors (Lipinski definition) is 18. The Morgan fingerprint density at radius 3 is 2.43 bits per heavy atom. The Kier molecular flexibility index (Phi) is 16.3. The first kappa shape index (κ1) is 56.6. The molecule has 0 aliphatic carbocycles. The standard InChI is InChI=1S/C59H62F2N10O12/c1-4-40-45(60)10-5-34-23-39(72)25-43(49(34)40)51-50(61)52-44(27-62-51)53(69-29-36-6-7-37(30-69)63-36)67-57(66-52)83-32-59-15-13-38(70(59)28-33(2)26-59)31-82-58(78)68(3)16-18-80-20-22-81-21-19-79-17-14-48(74)64-35-8-9-41-42(24-35)56(77)71(55(41)76)46-11-12-47(73)65-54(46)75/h1,5,8-10,23-25,27,36-38,46,63,72H,2,6-7,11-22,26,28-32H2,3H3,(H,64,74)(H,65,73,75)/t36?,37?,38-,46?,59?/m0/s1. The molecule has 2 bridgehead atoms. The van der Waals surface area contributed by atoms with Gasteiger partial charge in [-0.1, -0.05) is 24.1 Å². The first-order valence-electron chi connectivity index (χ1n) is 27.7. The number of carbonyl (C=O) groups is 6. The van der Waals surface area contributed by atoms with Crippen LogP contribution < -0.4 is 25.6 Å². The number of anilines is 2. The van der Waals surface area contributed by atoms with Crippen LogP contribution in [0.2, 0.25) is 0 Å². The van der Waals surface area contributed by atoms with Gasteiger partial charge in [0.15, 0.2) is 5.82 Å². The van der Waals surface area contributed by atoms with Gasteiger partial charge in [0.05, 0.1) is 73.7 Å². The van der Waals surface area contributed by atoms with Crippen molar-refractivity contribution in [2.75, 3.05) is 96.3 Å². The van der Waals surface area contributed by atoms with Crippen LogP contribution >= 0.6 is 0 Å². The van der Waals surface area contributed by atoms with Crippen molar-refractivity contribution in [1.82, 2.24) is 40.3 Å². The van der Waals surface area contributed by atoms with Gasteiger partial charge in [0.2, 0.25) is 17.7 Å². The largest absolute Gasteiger partial charge is 0.508 e. The van der Waals surface area contributed by atoms with Crippen molar-refractivity contribution < 1.29 is 66.3 Å². The van der Waals surface area contributed by atoms with Crippen LogP contribution in [0.1, 0.15) is 77.6 Å². The van der Waals surface area contributed by atoms with Gasteiger partial charge < -0.3 is 49.2 Å². The molecule has 11 rings (SSSR count). The maximum absolute atomic E-state index is 17.2. The number of aromatic hydroxyl groups is 1. The summed E-state index contributed by atoms with van der Waals surface area (Å²) in [6.45, 7) is 8.01. The highest BCUT2D eigenvalue weighted by molar-refractivity contribution is 6.24. The van der Waals surface area contributed by atoms with Crippen molar-refractivity contribution in [2.45, 2.75) is 81.1 Å². The fraction of sp³-hybridized carbons (Fsp3) is 0.441. The van der Waals surface area contributed by atoms with Crippen LogP contribution in [0.5, 0.6) is 11.8 Å². The molecule has 4 N–H and O–H groups in total. The van der Waals surface area contributed by atoms with E-state index in [0.29, 0.717) is 61.2 Å². The molecule has 2 aromatic heterocycles. The molecule has 6 aliphatic heterocycles. The number of phenols is 1. The summed E-state index contributed by atoms with van der Waals surface area (Å²) in [5.74, 6) is -1.66. The molecule has 5 fully saturated rings. The first-order valence-corrected chi connectivity index (χ1v) is 27.7. The third kappa shape index (κ3) is 11.6. The lowest BCUT2D eigenvalue weighted by Crippen LogP contribution is -2.54. The van der Waals surface area contributed by atoms with Gasteiger partial charge in [0.1, 0.15) is 47.9 Å². The number of likely N-dealkylation sites (N-methyl/N-ethyl adjacent to an activating group) is 1. The molecule has 5 atom stereocenters. The number of piperidine rings is 1. The number of benzene rings is 3. The molecule has 4 unspecified atom stereocenters. The Labute approximate surface area is 475 Å². The van der Waals surface area contributed by atoms with E-state index in [-0.39, 0.29) is 153 Å². The SMILES string of the molecule is C#Cc1c(F)ccc2cc(O)cc(-c3ncc4c(N5CC6CCC(C5)N6)nc(OCC56CC[C@@H](COC(=O)N(C)CCOCCOCCOCCC(=O)Nc7ccc8c(c7)C(=O)N(C7CCC(=O)NC7=O)C8=O)N5CC(=C)C6)nc4c3F)c12. The molecule has 6 aliphatic rings. The quantitative estimate of drug-likeness (QED) is 0.0332. The molecular weight excluding hydrogens is 1080 g/mol. The average Bonchev–Trinajstić information content (AvgIpc) is 2.84. The monoisotopic (exact) mass is 1140 g/mol. The van der Waals surface area contributed by atoms with E-state index in [9.17, 15) is 33.9 Å². The van der Waals surface area contributed by atoms with E-state index < -0.39 is 52.9 Å². The molecule has 24 heteroatoms. The topological polar surface area (TPSA) is 257 Å². The molecule has 6 amide bonds. The van der Waals surface area contributed by atoms with Crippen molar-refractivity contribution in [3.63, 3.8) is 0 Å². The van der Waals surface area contributed by atoms with Crippen LogP contribution in [0.4, 0.5) is 25.1 Å². The van der Waals surface area contributed by atoms with Gasteiger partial charge in [-0.15, -0.1) is 6.42 Å². The van der Waals surface area contributed by atoms with E-state index in [4.69, 9.17) is 35.1 Å². The van der Waals surface area contributed by atoms with Crippen molar-refractivity contribution in [1.29, 1.82) is 0 Å². The van der Waals surface area contributed by atoms with E-state index in [1.165, 1.54) is 53.6 Å². The van der Waals surface area contributed by atoms with Crippen molar-refractivity contribution in [2.24, 2.45) is 0 Å². The van der Waals surface area contributed by atoms with Gasteiger partial charge in [-0.05, 0) is 80.3 Å². The number of aromatic nitrogens is 3. The second-order valence-corrected chi connectivity index (χ2v) is 21.8. The van der Waals surface area contributed by atoms with Crippen LogP contribution in [0.3, 0.4) is 0 Å². The molecule has 5 saturated heterocycles. The third-order valence-electron chi connectivity index (χ3n) is 16.3. The summed E-state index contributed by atoms with van der Waals surface area (Å²) in [5, 5.41) is 20.2. The number of amides is 6. The Hall–Kier alpha value is -8.21. The number of hydrogen-bond donors (Lipinski definition) is 4. The number of halogens is 2. The summed E-state index contributed by atoms with van der Waals surface area (Å²) in [7, 11) is 1.63. The Morgan fingerprint density at radius 1 is 0.928 bits per heavy atom. The molecular formula is C59H62F2N10O12. The zero-order valence-corrected chi connectivity index (χ0v) is 45.7. The van der Waals surface area contributed by atoms with Crippen LogP contribution in [0, 0.1) is 24.0 Å². The fourth-order valence-corrected chi connectivity index (χ4v) is 12.2. The second kappa shape index (κ2) is 23.9. The summed E-state index contributed by atoms with van der Waals surface area (Å²) in [6.07, 6.45) is 10.9. The molecule has 83 heavy (non-hydrogen) atoms. The highest BCUT2D eigenvalue weighted by atomic mass is 19.1. The van der Waals surface area contributed by atoms with E-state index in [2.05, 4.69) is 48.2 Å². The number of rotatable bonds is 21. The van der Waals surface area contributed by atoms with Gasteiger partial charge in [0.25, 0.3) is 11.8 Å². The van der Waals surface area contributed by atoms with Gasteiger partial charge in [-0.2, -0.15) is 9.97 Å². The number of carbonyl (C=O) groups excluding carboxylic acids is 6. The average molecular weight is 1140 g/mol. The van der Waals surface area contributed by atoms with Crippen LogP contribution in [-0.2, 0) is 33.3 Å². The predicted octanol–water partition coefficient (Wildman–Crippen LogP) is 4.84. The highest BCUT2D eigenvalue weighted by Gasteiger charge is 2.52. The van der Waals surface area contributed by atoms with E-state index in [1.807, 2.05) is 0 Å². The lowest BCUT2D eigenvalue weighted by atomic mass is 9.94. The van der Waals surface area contributed by atoms with E-state index in [0.717, 1.165) is 23.3 Å². The van der Waals surface area contributed by atoms with E-state index >= 15 is 8.78 Å². The summed E-state index contributed by atoms with van der Waals surface area (Å²) < 4.78 is 61.5.